The molecule has 4 fully saturated rings. The largest absolute Gasteiger partial charge is 0.481 e. The van der Waals surface area contributed by atoms with E-state index >= 15 is 0 Å². The summed E-state index contributed by atoms with van der Waals surface area (Å²) < 4.78 is 102. The zero-order chi connectivity index (χ0) is 107. The number of unbranched alkanes of at least 4 members (excludes halogenated alkanes) is 1. The lowest BCUT2D eigenvalue weighted by molar-refractivity contribution is -0.144. The number of aliphatic carboxylic acids is 4. The number of esters is 4. The number of benzene rings is 4. The molecule has 8 aliphatic heterocycles. The number of carbonyl (C=O) groups is 8. The molecule has 4 saturated heterocycles. The van der Waals surface area contributed by atoms with Crippen LogP contribution < -0.4 is 21.3 Å². The SMILES string of the molecule is CCOC(=O)C1=C(CN2CCOC[C@@H]2C(C)CC(=O)O)NC(c2nccs2)=N[C@H]1c1ccc(F)cc1Br.CCOC(=O)C1=C(CN2CCOC[C@@H]2CC(C)C(=O)O)NC(c2nccs2)=N[C@H]1c1ccc(F)cc1Br.CCOC(=O)C1=C(CN2CCO[C@@H](CC(C)C(=O)O)C2)NC(c2nccs2)=N[C@H]1c1ccc(F)cc1Br.CCOC(=O)C1=C(CN2CCO[C@@H](CCCCC(=O)O)C2)NC(c2nccs2)=N[C@H]1c1ccc(F)cc1Br. The van der Waals surface area contributed by atoms with Gasteiger partial charge in [-0.3, -0.25) is 58.7 Å². The molecule has 0 radical (unpaired) electrons. The molecule has 0 bridgehead atoms. The van der Waals surface area contributed by atoms with Crippen LogP contribution in [0.3, 0.4) is 0 Å². The third-order valence-corrected chi connectivity index (χ3v) is 30.9. The molecule has 3 unspecified atom stereocenters. The lowest BCUT2D eigenvalue weighted by Crippen LogP contribution is -2.51. The van der Waals surface area contributed by atoms with Crippen LogP contribution in [0.4, 0.5) is 17.6 Å². The number of aliphatic imine (C=N–C) groups is 4. The Kier molecular flexibility index (Phi) is 43.4. The minimum Gasteiger partial charge on any atom is -0.481 e. The fraction of sp³-hybridized carbons (Fsp3) is 0.446. The Labute approximate surface area is 907 Å². The number of rotatable bonds is 38. The lowest BCUT2D eigenvalue weighted by atomic mass is 9.93. The van der Waals surface area contributed by atoms with Gasteiger partial charge < -0.3 is 79.6 Å². The predicted molar refractivity (Wildman–Crippen MR) is 564 cm³/mol. The Balaban J connectivity index is 0.000000166. The van der Waals surface area contributed by atoms with Crippen LogP contribution in [-0.4, -0.2) is 287 Å². The maximum atomic E-state index is 13.9. The minimum absolute atomic E-state index is 0.00128. The first kappa shape index (κ1) is 115. The third-order valence-electron chi connectivity index (χ3n) is 25.0. The number of carboxylic acid groups (broad SMARTS) is 4. The van der Waals surface area contributed by atoms with Crippen molar-refractivity contribution in [2.75, 3.05) is 132 Å². The summed E-state index contributed by atoms with van der Waals surface area (Å²) in [6.07, 6.45) is 9.50. The number of nitrogens with one attached hydrogen (secondary N) is 4. The van der Waals surface area contributed by atoms with Gasteiger partial charge >= 0.3 is 47.8 Å². The Morgan fingerprint density at radius 3 is 1.10 bits per heavy atom. The molecule has 36 nitrogen and oxygen atoms in total. The van der Waals surface area contributed by atoms with Gasteiger partial charge in [0.05, 0.1) is 112 Å². The van der Waals surface area contributed by atoms with E-state index in [1.165, 1.54) is 93.9 Å². The molecular weight excluding hydrogens is 2280 g/mol. The summed E-state index contributed by atoms with van der Waals surface area (Å²) in [4.78, 5) is 144. The number of ether oxygens (including phenoxy) is 8. The molecule has 16 rings (SSSR count). The summed E-state index contributed by atoms with van der Waals surface area (Å²) in [6.45, 7) is 20.6. The zero-order valence-corrected chi connectivity index (χ0v) is 91.9. The van der Waals surface area contributed by atoms with Gasteiger partial charge in [-0.05, 0) is 130 Å². The minimum atomic E-state index is -0.875. The summed E-state index contributed by atoms with van der Waals surface area (Å²) in [5, 5.41) is 60.2. The van der Waals surface area contributed by atoms with Gasteiger partial charge in [0, 0.05) is 177 Å². The van der Waals surface area contributed by atoms with E-state index in [-0.39, 0.29) is 69.5 Å². The molecule has 0 aliphatic carbocycles. The van der Waals surface area contributed by atoms with Crippen LogP contribution in [0.2, 0.25) is 0 Å². The van der Waals surface area contributed by atoms with Crippen molar-refractivity contribution in [1.82, 2.24) is 60.8 Å². The van der Waals surface area contributed by atoms with E-state index in [9.17, 15) is 71.2 Å². The molecule has 8 N–H and O–H groups in total. The number of hydrogen-bond donors (Lipinski definition) is 8. The summed E-state index contributed by atoms with van der Waals surface area (Å²) in [5.41, 5.74) is 6.20. The van der Waals surface area contributed by atoms with Gasteiger partial charge in [0.2, 0.25) is 0 Å². The summed E-state index contributed by atoms with van der Waals surface area (Å²) in [5.74, 6) is -6.36. The van der Waals surface area contributed by atoms with Crippen molar-refractivity contribution in [3.05, 3.63) is 248 Å². The van der Waals surface area contributed by atoms with Crippen LogP contribution in [-0.2, 0) is 76.3 Å². The molecule has 0 amide bonds. The van der Waals surface area contributed by atoms with Crippen LogP contribution in [0.25, 0.3) is 0 Å². The van der Waals surface area contributed by atoms with Gasteiger partial charge in [-0.15, -0.1) is 45.3 Å². The Morgan fingerprint density at radius 1 is 0.430 bits per heavy atom. The van der Waals surface area contributed by atoms with Crippen molar-refractivity contribution in [1.29, 1.82) is 0 Å². The summed E-state index contributed by atoms with van der Waals surface area (Å²) in [6, 6.07) is 13.8. The molecule has 0 saturated carbocycles. The van der Waals surface area contributed by atoms with E-state index in [0.29, 0.717) is 253 Å². The molecule has 4 aromatic heterocycles. The molecule has 4 aromatic carbocycles. The molecule has 12 heterocycles. The lowest BCUT2D eigenvalue weighted by Gasteiger charge is -2.40. The van der Waals surface area contributed by atoms with Crippen LogP contribution >= 0.6 is 109 Å². The van der Waals surface area contributed by atoms with Crippen LogP contribution in [0, 0.1) is 41.0 Å². The average molecular weight is 2400 g/mol. The van der Waals surface area contributed by atoms with Gasteiger partial charge in [-0.1, -0.05) is 115 Å². The number of nitrogens with zero attached hydrogens (tertiary/aromatic N) is 12. The average Bonchev–Trinajstić information content (AvgIpc) is 1.61. The van der Waals surface area contributed by atoms with E-state index in [1.54, 1.807) is 90.6 Å². The van der Waals surface area contributed by atoms with E-state index < -0.39 is 107 Å². The normalized spacial score (nSPS) is 21.0. The molecular formula is C101H114Br4F4N16O20S4. The molecule has 149 heavy (non-hydrogen) atoms. The molecule has 798 valence electrons. The van der Waals surface area contributed by atoms with Crippen LogP contribution in [0.15, 0.2) is 202 Å². The third kappa shape index (κ3) is 31.5. The van der Waals surface area contributed by atoms with Crippen LogP contribution in [0.5, 0.6) is 0 Å². The maximum Gasteiger partial charge on any atom is 0.338 e. The Hall–Kier alpha value is -10.7. The summed E-state index contributed by atoms with van der Waals surface area (Å²) in [7, 11) is 0. The van der Waals surface area contributed by atoms with Crippen LogP contribution in [0.1, 0.15) is 160 Å². The van der Waals surface area contributed by atoms with Crippen molar-refractivity contribution >= 4 is 180 Å². The van der Waals surface area contributed by atoms with Crippen molar-refractivity contribution < 1.29 is 114 Å². The van der Waals surface area contributed by atoms with Gasteiger partial charge in [0.1, 0.15) is 47.4 Å². The first-order chi connectivity index (χ1) is 71.7. The molecule has 11 atom stereocenters. The monoisotopic (exact) mass is 2390 g/mol. The Bertz CT molecular complexity index is 6310. The number of halogens is 8. The van der Waals surface area contributed by atoms with Crippen molar-refractivity contribution in [3.8, 4) is 0 Å². The van der Waals surface area contributed by atoms with Gasteiger partial charge in [0.25, 0.3) is 0 Å². The highest BCUT2D eigenvalue weighted by Gasteiger charge is 2.43. The quantitative estimate of drug-likeness (QED) is 0.00771. The number of carboxylic acids is 4. The van der Waals surface area contributed by atoms with Crippen molar-refractivity contribution in [3.63, 3.8) is 0 Å². The Morgan fingerprint density at radius 2 is 0.765 bits per heavy atom. The highest BCUT2D eigenvalue weighted by molar-refractivity contribution is 9.11. The zero-order valence-electron chi connectivity index (χ0n) is 82.3. The molecule has 8 aromatic rings. The van der Waals surface area contributed by atoms with E-state index in [4.69, 9.17) is 63.0 Å². The predicted octanol–water partition coefficient (Wildman–Crippen LogP) is 15.6. The number of morpholine rings is 4. The first-order valence-corrected chi connectivity index (χ1v) is 55.0. The van der Waals surface area contributed by atoms with Gasteiger partial charge in [-0.25, -0.2) is 56.7 Å². The number of amidine groups is 4. The van der Waals surface area contributed by atoms with E-state index in [0.717, 1.165) is 12.8 Å². The topological polar surface area (TPSA) is 453 Å². The fourth-order valence-corrected chi connectivity index (χ4v) is 22.5. The summed E-state index contributed by atoms with van der Waals surface area (Å²) >= 11 is 19.4. The number of carbonyl (C=O) groups excluding carboxylic acids is 4. The number of hydrogen-bond acceptors (Lipinski definition) is 36. The molecule has 8 aliphatic rings. The van der Waals surface area contributed by atoms with Crippen molar-refractivity contribution in [2.24, 2.45) is 37.7 Å². The van der Waals surface area contributed by atoms with E-state index in [1.807, 2.05) is 28.4 Å². The first-order valence-electron chi connectivity index (χ1n) is 48.3. The molecule has 0 spiro atoms. The second-order valence-electron chi connectivity index (χ2n) is 35.4. The standard InChI is InChI=1S/C26H30BrFN4O5S.3C25H28BrFN4O5S/c1-2-36-26(35)22-20(15-32-10-11-37-17(14-32)5-3-4-6-21(33)34)30-24(25-29-9-12-38-25)31-23(22)18-8-7-16(28)13-19(18)27;1-3-36-25(34)20-19(12-31-7-8-35-13-16(31)10-14(2)24(32)33)29-22(23-28-6-9-37-23)30-21(20)17-5-4-15(27)11-18(17)26;1-3-35-25(34)20-19(13-31-7-8-36-16(12-31)10-14(2)24(32)33)29-22(23-28-6-9-37-23)30-21(20)17-5-4-15(27)11-18(17)26;1-3-36-25(34)21-18(12-31-7-8-35-13-19(31)14(2)10-20(32)33)29-23(24-28-6-9-37-24)30-22(21)16-5-4-15(27)11-17(16)26/h7-9,12-13,17,23H,2-6,10-11,14-15H2,1H3,(H,30,31)(H,33,34);2*4-6,9,11,14,16,21H,3,7-8,10,12-13H2,1-2H3,(H,29,30)(H,32,33);4-6,9,11,14,19,22H,3,7-8,10,12-13H2,1-2H3,(H,29,30)(H,32,33)/t17-,23-;2*14?,16-,21-;14?,19-,22+/m0001/s1. The van der Waals surface area contributed by atoms with E-state index in [2.05, 4.69) is 125 Å². The van der Waals surface area contributed by atoms with Gasteiger partial charge in [-0.2, -0.15) is 0 Å². The number of thiazole rings is 4. The van der Waals surface area contributed by atoms with Gasteiger partial charge in [0.15, 0.2) is 43.4 Å². The maximum absolute atomic E-state index is 13.9. The fourth-order valence-electron chi connectivity index (χ4n) is 17.8. The highest BCUT2D eigenvalue weighted by atomic mass is 79.9. The second kappa shape index (κ2) is 56.1. The smallest absolute Gasteiger partial charge is 0.338 e. The highest BCUT2D eigenvalue weighted by Crippen LogP contribution is 2.44. The second-order valence-corrected chi connectivity index (χ2v) is 42.4. The molecule has 48 heteroatoms. The van der Waals surface area contributed by atoms with Crippen molar-refractivity contribution in [2.45, 2.75) is 142 Å². The number of aromatic nitrogens is 4.